The lowest BCUT2D eigenvalue weighted by molar-refractivity contribution is -0.182. The molecule has 1 aliphatic heterocycles. The van der Waals surface area contributed by atoms with Gasteiger partial charge in [0.15, 0.2) is 6.29 Å². The van der Waals surface area contributed by atoms with Gasteiger partial charge in [-0.05, 0) is 0 Å². The minimum Gasteiger partial charge on any atom is -0.366 e. The summed E-state index contributed by atoms with van der Waals surface area (Å²) >= 11 is 0. The van der Waals surface area contributed by atoms with Gasteiger partial charge in [-0.1, -0.05) is 0 Å². The molecule has 0 radical (unpaired) electrons. The van der Waals surface area contributed by atoms with Crippen molar-refractivity contribution < 1.29 is 38.3 Å². The first-order valence-corrected chi connectivity index (χ1v) is 5.85. The second-order valence-corrected chi connectivity index (χ2v) is 3.92. The second-order valence-electron chi connectivity index (χ2n) is 3.92. The molecule has 8 nitrogen and oxygen atoms in total. The van der Waals surface area contributed by atoms with Gasteiger partial charge in [0.05, 0.1) is 6.61 Å². The summed E-state index contributed by atoms with van der Waals surface area (Å²) in [6, 6.07) is 0. The van der Waals surface area contributed by atoms with Gasteiger partial charge in [0.2, 0.25) is 0 Å². The summed E-state index contributed by atoms with van der Waals surface area (Å²) < 4.78 is 35.8. The number of hydrogen-bond acceptors (Lipinski definition) is 8. The maximum absolute atomic E-state index is 9.80. The van der Waals surface area contributed by atoms with Crippen molar-refractivity contribution in [2.24, 2.45) is 0 Å². The third-order valence-corrected chi connectivity index (χ3v) is 2.53. The quantitative estimate of drug-likeness (QED) is 0.416. The molecule has 1 saturated heterocycles. The average Bonchev–Trinajstić information content (AvgIpc) is 2.70. The Morgan fingerprint density at radius 2 is 1.47 bits per heavy atom. The van der Waals surface area contributed by atoms with E-state index in [2.05, 4.69) is 0 Å². The minimum absolute atomic E-state index is 0.0313. The molecule has 1 N–H and O–H groups in total. The Balaban J connectivity index is 2.52. The maximum atomic E-state index is 9.80. The molecule has 0 aromatic rings. The predicted octanol–water partition coefficient (Wildman–Crippen LogP) is -0.698. The monoisotopic (exact) mass is 282 g/mol. The lowest BCUT2D eigenvalue weighted by Gasteiger charge is -2.22. The Kier molecular flexibility index (Phi) is 8.42. The molecule has 114 valence electrons. The molecule has 1 rings (SSSR count). The fourth-order valence-electron chi connectivity index (χ4n) is 1.76. The summed E-state index contributed by atoms with van der Waals surface area (Å²) in [5.41, 5.74) is 0. The summed E-state index contributed by atoms with van der Waals surface area (Å²) in [4.78, 5) is 0. The standard InChI is InChI=1S/C11H22O8/c1-13-5-16-4-8-9(17-6-14-2)10(11(12)19-8)18-7-15-3/h8-12H,4-7H2,1-3H3/t8-,9-,10-,11?/m1/s1. The van der Waals surface area contributed by atoms with Gasteiger partial charge >= 0.3 is 0 Å². The van der Waals surface area contributed by atoms with Crippen molar-refractivity contribution in [3.8, 4) is 0 Å². The molecule has 0 aromatic heterocycles. The van der Waals surface area contributed by atoms with Gasteiger partial charge in [-0.25, -0.2) is 0 Å². The van der Waals surface area contributed by atoms with E-state index in [-0.39, 0.29) is 27.0 Å². The topological polar surface area (TPSA) is 84.8 Å². The normalized spacial score (nSPS) is 30.9. The minimum atomic E-state index is -1.10. The third kappa shape index (κ3) is 5.28. The summed E-state index contributed by atoms with van der Waals surface area (Å²) in [7, 11) is 4.52. The summed E-state index contributed by atoms with van der Waals surface area (Å²) in [5.74, 6) is 0. The van der Waals surface area contributed by atoms with Crippen molar-refractivity contribution in [2.45, 2.75) is 24.6 Å². The van der Waals surface area contributed by atoms with Crippen molar-refractivity contribution in [3.05, 3.63) is 0 Å². The number of methoxy groups -OCH3 is 3. The zero-order valence-corrected chi connectivity index (χ0v) is 11.4. The molecule has 19 heavy (non-hydrogen) atoms. The number of rotatable bonds is 10. The van der Waals surface area contributed by atoms with Crippen LogP contribution in [0.3, 0.4) is 0 Å². The van der Waals surface area contributed by atoms with Crippen LogP contribution in [-0.4, -0.2) is 78.0 Å². The molecule has 1 aliphatic rings. The van der Waals surface area contributed by atoms with Crippen molar-refractivity contribution >= 4 is 0 Å². The van der Waals surface area contributed by atoms with E-state index < -0.39 is 24.6 Å². The van der Waals surface area contributed by atoms with Crippen LogP contribution in [0.4, 0.5) is 0 Å². The van der Waals surface area contributed by atoms with Crippen molar-refractivity contribution in [2.75, 3.05) is 48.3 Å². The molecule has 1 heterocycles. The number of aliphatic hydroxyl groups is 1. The van der Waals surface area contributed by atoms with Crippen LogP contribution in [0.5, 0.6) is 0 Å². The highest BCUT2D eigenvalue weighted by atomic mass is 16.7. The molecule has 0 aliphatic carbocycles. The molecule has 0 saturated carbocycles. The van der Waals surface area contributed by atoms with Crippen LogP contribution in [0.15, 0.2) is 0 Å². The SMILES string of the molecule is COCOC[C@H]1OC(O)[C@H](OCOC)[C@@H]1OCOC. The number of hydrogen-bond donors (Lipinski definition) is 1. The summed E-state index contributed by atoms with van der Waals surface area (Å²) in [5, 5.41) is 9.80. The van der Waals surface area contributed by atoms with E-state index in [1.165, 1.54) is 21.3 Å². The van der Waals surface area contributed by atoms with Crippen molar-refractivity contribution in [1.29, 1.82) is 0 Å². The largest absolute Gasteiger partial charge is 0.366 e. The molecule has 0 bridgehead atoms. The van der Waals surface area contributed by atoms with E-state index in [0.29, 0.717) is 0 Å². The first-order valence-electron chi connectivity index (χ1n) is 5.85. The molecular weight excluding hydrogens is 260 g/mol. The molecule has 0 spiro atoms. The van der Waals surface area contributed by atoms with Gasteiger partial charge in [0.25, 0.3) is 0 Å². The second kappa shape index (κ2) is 9.56. The lowest BCUT2D eigenvalue weighted by atomic mass is 10.1. The van der Waals surface area contributed by atoms with Gasteiger partial charge in [0, 0.05) is 21.3 Å². The van der Waals surface area contributed by atoms with Crippen LogP contribution < -0.4 is 0 Å². The van der Waals surface area contributed by atoms with Crippen LogP contribution in [-0.2, 0) is 33.2 Å². The Bertz CT molecular complexity index is 227. The molecule has 1 fully saturated rings. The highest BCUT2D eigenvalue weighted by Crippen LogP contribution is 2.25. The van der Waals surface area contributed by atoms with E-state index in [4.69, 9.17) is 33.2 Å². The number of ether oxygens (including phenoxy) is 7. The van der Waals surface area contributed by atoms with E-state index in [0.717, 1.165) is 0 Å². The molecule has 0 amide bonds. The van der Waals surface area contributed by atoms with Gasteiger partial charge in [0.1, 0.15) is 38.7 Å². The van der Waals surface area contributed by atoms with Gasteiger partial charge in [-0.2, -0.15) is 0 Å². The predicted molar refractivity (Wildman–Crippen MR) is 62.2 cm³/mol. The van der Waals surface area contributed by atoms with Crippen LogP contribution in [0.1, 0.15) is 0 Å². The van der Waals surface area contributed by atoms with Gasteiger partial charge in [-0.15, -0.1) is 0 Å². The van der Waals surface area contributed by atoms with Gasteiger partial charge in [-0.3, -0.25) is 0 Å². The van der Waals surface area contributed by atoms with E-state index >= 15 is 0 Å². The first kappa shape index (κ1) is 16.7. The van der Waals surface area contributed by atoms with Crippen molar-refractivity contribution in [1.82, 2.24) is 0 Å². The van der Waals surface area contributed by atoms with Crippen LogP contribution >= 0.6 is 0 Å². The Morgan fingerprint density at radius 1 is 0.895 bits per heavy atom. The summed E-state index contributed by atoms with van der Waals surface area (Å²) in [6.07, 6.45) is -2.75. The zero-order chi connectivity index (χ0) is 14.1. The fourth-order valence-corrected chi connectivity index (χ4v) is 1.76. The van der Waals surface area contributed by atoms with E-state index in [1.807, 2.05) is 0 Å². The highest BCUT2D eigenvalue weighted by Gasteiger charge is 2.45. The Morgan fingerprint density at radius 3 is 2.05 bits per heavy atom. The molecule has 4 atom stereocenters. The fraction of sp³-hybridized carbons (Fsp3) is 1.00. The molecular formula is C11H22O8. The lowest BCUT2D eigenvalue weighted by Crippen LogP contribution is -2.40. The Hall–Kier alpha value is -0.320. The van der Waals surface area contributed by atoms with Gasteiger partial charge < -0.3 is 38.3 Å². The molecule has 1 unspecified atom stereocenters. The van der Waals surface area contributed by atoms with E-state index in [9.17, 15) is 5.11 Å². The first-order chi connectivity index (χ1) is 9.24. The maximum Gasteiger partial charge on any atom is 0.184 e. The van der Waals surface area contributed by atoms with Crippen molar-refractivity contribution in [3.63, 3.8) is 0 Å². The van der Waals surface area contributed by atoms with Crippen LogP contribution in [0, 0.1) is 0 Å². The van der Waals surface area contributed by atoms with Crippen LogP contribution in [0.25, 0.3) is 0 Å². The van der Waals surface area contributed by atoms with Crippen LogP contribution in [0.2, 0.25) is 0 Å². The van der Waals surface area contributed by atoms with E-state index in [1.54, 1.807) is 0 Å². The summed E-state index contributed by atoms with van der Waals surface area (Å²) in [6.45, 7) is 0.445. The molecule has 0 aromatic carbocycles. The smallest absolute Gasteiger partial charge is 0.184 e. The third-order valence-electron chi connectivity index (χ3n) is 2.53. The average molecular weight is 282 g/mol. The number of aliphatic hydroxyl groups excluding tert-OH is 1. The Labute approximate surface area is 112 Å². The molecule has 8 heteroatoms. The zero-order valence-electron chi connectivity index (χ0n) is 11.4. The highest BCUT2D eigenvalue weighted by molar-refractivity contribution is 4.88.